The Bertz CT molecular complexity index is 751. The summed E-state index contributed by atoms with van der Waals surface area (Å²) in [7, 11) is 1.61. The Morgan fingerprint density at radius 3 is 2.95 bits per heavy atom. The number of nitrogens with two attached hydrogens (primary N) is 1. The van der Waals surface area contributed by atoms with Gasteiger partial charge in [-0.3, -0.25) is 0 Å². The topological polar surface area (TPSA) is 87.6 Å². The summed E-state index contributed by atoms with van der Waals surface area (Å²) in [5.74, 6) is 1.93. The predicted molar refractivity (Wildman–Crippen MR) is 75.1 cm³/mol. The molecule has 0 unspecified atom stereocenters. The van der Waals surface area contributed by atoms with Gasteiger partial charge in [-0.15, -0.1) is 15.3 Å². The monoisotopic (exact) mass is 291 g/mol. The molecule has 3 aromatic rings. The van der Waals surface area contributed by atoms with Gasteiger partial charge in [0.1, 0.15) is 0 Å². The number of aromatic nitrogens is 4. The molecule has 0 aliphatic rings. The molecule has 0 saturated heterocycles. The summed E-state index contributed by atoms with van der Waals surface area (Å²) in [6, 6.07) is 5.73. The van der Waals surface area contributed by atoms with Crippen LogP contribution in [0, 0.1) is 6.92 Å². The number of ether oxygens (including phenoxy) is 2. The van der Waals surface area contributed by atoms with Crippen LogP contribution < -0.4 is 15.2 Å². The summed E-state index contributed by atoms with van der Waals surface area (Å²) in [5, 5.41) is 12.6. The van der Waals surface area contributed by atoms with Crippen LogP contribution in [0.15, 0.2) is 18.2 Å². The number of anilines is 1. The molecule has 20 heavy (non-hydrogen) atoms. The van der Waals surface area contributed by atoms with Crippen molar-refractivity contribution in [2.75, 3.05) is 12.8 Å². The molecule has 0 aliphatic carbocycles. The fourth-order valence-corrected chi connectivity index (χ4v) is 2.42. The summed E-state index contributed by atoms with van der Waals surface area (Å²) in [6.07, 6.45) is 0. The molecule has 0 fully saturated rings. The molecule has 2 aromatic heterocycles. The summed E-state index contributed by atoms with van der Waals surface area (Å²) < 4.78 is 12.6. The second kappa shape index (κ2) is 4.97. The van der Waals surface area contributed by atoms with Crippen molar-refractivity contribution in [2.45, 2.75) is 13.5 Å². The van der Waals surface area contributed by atoms with E-state index in [4.69, 9.17) is 15.2 Å². The average molecular weight is 291 g/mol. The van der Waals surface area contributed by atoms with Crippen LogP contribution in [0.4, 0.5) is 5.13 Å². The summed E-state index contributed by atoms with van der Waals surface area (Å²) >= 11 is 1.28. The Hall–Kier alpha value is -2.35. The van der Waals surface area contributed by atoms with Crippen molar-refractivity contribution in [1.29, 1.82) is 0 Å². The fraction of sp³-hybridized carbons (Fsp3) is 0.250. The number of nitrogen functional groups attached to an aromatic ring is 1. The molecule has 3 rings (SSSR count). The van der Waals surface area contributed by atoms with Crippen LogP contribution in [0.2, 0.25) is 0 Å². The zero-order chi connectivity index (χ0) is 14.1. The van der Waals surface area contributed by atoms with Crippen molar-refractivity contribution < 1.29 is 9.47 Å². The van der Waals surface area contributed by atoms with Crippen LogP contribution in [-0.4, -0.2) is 26.9 Å². The van der Waals surface area contributed by atoms with Crippen LogP contribution in [0.3, 0.4) is 0 Å². The SMILES string of the molecule is COc1cc(C)ccc1OCc1nnc2sc(N)nn12. The molecule has 0 bridgehead atoms. The van der Waals surface area contributed by atoms with Crippen LogP contribution in [0.25, 0.3) is 4.96 Å². The van der Waals surface area contributed by atoms with Crippen molar-refractivity contribution in [3.05, 3.63) is 29.6 Å². The molecule has 0 aliphatic heterocycles. The fourth-order valence-electron chi connectivity index (χ4n) is 1.80. The van der Waals surface area contributed by atoms with E-state index < -0.39 is 0 Å². The molecule has 0 saturated carbocycles. The van der Waals surface area contributed by atoms with Crippen molar-refractivity contribution in [1.82, 2.24) is 19.8 Å². The molecule has 2 N–H and O–H groups in total. The van der Waals surface area contributed by atoms with Gasteiger partial charge < -0.3 is 15.2 Å². The molecule has 0 spiro atoms. The van der Waals surface area contributed by atoms with Crippen molar-refractivity contribution in [3.63, 3.8) is 0 Å². The molecule has 0 amide bonds. The van der Waals surface area contributed by atoms with Crippen molar-refractivity contribution in [2.24, 2.45) is 0 Å². The van der Waals surface area contributed by atoms with Gasteiger partial charge in [-0.05, 0) is 24.6 Å². The number of hydrogen-bond acceptors (Lipinski definition) is 7. The van der Waals surface area contributed by atoms with Gasteiger partial charge in [0.15, 0.2) is 23.9 Å². The van der Waals surface area contributed by atoms with Gasteiger partial charge in [-0.2, -0.15) is 4.52 Å². The minimum absolute atomic E-state index is 0.240. The Kier molecular flexibility index (Phi) is 3.15. The Balaban J connectivity index is 1.82. The Morgan fingerprint density at radius 2 is 2.15 bits per heavy atom. The lowest BCUT2D eigenvalue weighted by Gasteiger charge is -2.10. The first-order valence-electron chi connectivity index (χ1n) is 5.91. The Morgan fingerprint density at radius 1 is 1.30 bits per heavy atom. The van der Waals surface area contributed by atoms with E-state index >= 15 is 0 Å². The van der Waals surface area contributed by atoms with Gasteiger partial charge in [0.2, 0.25) is 10.1 Å². The summed E-state index contributed by atoms with van der Waals surface area (Å²) in [4.78, 5) is 0.650. The van der Waals surface area contributed by atoms with Crippen LogP contribution in [0.5, 0.6) is 11.5 Å². The minimum Gasteiger partial charge on any atom is -0.493 e. The molecule has 0 atom stereocenters. The highest BCUT2D eigenvalue weighted by Crippen LogP contribution is 2.28. The highest BCUT2D eigenvalue weighted by Gasteiger charge is 2.12. The molecule has 104 valence electrons. The maximum absolute atomic E-state index is 5.72. The normalized spacial score (nSPS) is 10.9. The number of fused-ring (bicyclic) bond motifs is 1. The lowest BCUT2D eigenvalue weighted by atomic mass is 10.2. The molecule has 2 heterocycles. The lowest BCUT2D eigenvalue weighted by molar-refractivity contribution is 0.274. The molecular formula is C12H13N5O2S. The number of rotatable bonds is 4. The predicted octanol–water partition coefficient (Wildman–Crippen LogP) is 1.66. The quantitative estimate of drug-likeness (QED) is 0.786. The van der Waals surface area contributed by atoms with Crippen LogP contribution in [0.1, 0.15) is 11.4 Å². The van der Waals surface area contributed by atoms with Gasteiger partial charge in [0.25, 0.3) is 0 Å². The van der Waals surface area contributed by atoms with Gasteiger partial charge in [-0.25, -0.2) is 0 Å². The minimum atomic E-state index is 0.240. The zero-order valence-corrected chi connectivity index (χ0v) is 11.8. The third-order valence-corrected chi connectivity index (χ3v) is 3.47. The van der Waals surface area contributed by atoms with Crippen molar-refractivity contribution in [3.8, 4) is 11.5 Å². The first-order valence-corrected chi connectivity index (χ1v) is 6.73. The smallest absolute Gasteiger partial charge is 0.236 e. The standard InChI is InChI=1S/C12H13N5O2S/c1-7-3-4-8(9(5-7)18-2)19-6-10-14-15-12-17(10)16-11(13)20-12/h3-5H,6H2,1-2H3,(H2,13,16). The highest BCUT2D eigenvalue weighted by atomic mass is 32.1. The summed E-state index contributed by atoms with van der Waals surface area (Å²) in [5.41, 5.74) is 6.73. The maximum atomic E-state index is 5.72. The third kappa shape index (κ3) is 2.25. The number of aryl methyl sites for hydroxylation is 1. The molecule has 8 heteroatoms. The lowest BCUT2D eigenvalue weighted by Crippen LogP contribution is -2.03. The molecule has 0 radical (unpaired) electrons. The van der Waals surface area contributed by atoms with Gasteiger partial charge >= 0.3 is 0 Å². The van der Waals surface area contributed by atoms with E-state index in [0.717, 1.165) is 5.56 Å². The maximum Gasteiger partial charge on any atom is 0.236 e. The second-order valence-electron chi connectivity index (χ2n) is 4.19. The van der Waals surface area contributed by atoms with Gasteiger partial charge in [-0.1, -0.05) is 17.4 Å². The third-order valence-electron chi connectivity index (χ3n) is 2.75. The first kappa shape index (κ1) is 12.7. The van der Waals surface area contributed by atoms with Crippen LogP contribution >= 0.6 is 11.3 Å². The largest absolute Gasteiger partial charge is 0.493 e. The first-order chi connectivity index (χ1) is 9.67. The molecular weight excluding hydrogens is 278 g/mol. The van der Waals surface area contributed by atoms with Crippen LogP contribution in [-0.2, 0) is 6.61 Å². The number of nitrogens with zero attached hydrogens (tertiary/aromatic N) is 4. The van der Waals surface area contributed by atoms with E-state index in [0.29, 0.717) is 27.4 Å². The van der Waals surface area contributed by atoms with E-state index in [1.165, 1.54) is 11.3 Å². The zero-order valence-electron chi connectivity index (χ0n) is 11.0. The highest BCUT2D eigenvalue weighted by molar-refractivity contribution is 7.20. The van der Waals surface area contributed by atoms with E-state index in [-0.39, 0.29) is 6.61 Å². The van der Waals surface area contributed by atoms with E-state index in [2.05, 4.69) is 15.3 Å². The van der Waals surface area contributed by atoms with E-state index in [1.54, 1.807) is 11.6 Å². The van der Waals surface area contributed by atoms with Crippen molar-refractivity contribution >= 4 is 21.4 Å². The summed E-state index contributed by atoms with van der Waals surface area (Å²) in [6.45, 7) is 2.23. The average Bonchev–Trinajstić information content (AvgIpc) is 2.96. The van der Waals surface area contributed by atoms with Gasteiger partial charge in [0, 0.05) is 0 Å². The molecule has 1 aromatic carbocycles. The Labute approximate surface area is 119 Å². The molecule has 7 nitrogen and oxygen atoms in total. The number of benzene rings is 1. The van der Waals surface area contributed by atoms with E-state index in [1.807, 2.05) is 25.1 Å². The van der Waals surface area contributed by atoms with E-state index in [9.17, 15) is 0 Å². The second-order valence-corrected chi connectivity index (χ2v) is 5.18. The number of hydrogen-bond donors (Lipinski definition) is 1. The number of methoxy groups -OCH3 is 1. The van der Waals surface area contributed by atoms with Gasteiger partial charge in [0.05, 0.1) is 7.11 Å².